The molecule has 28 heavy (non-hydrogen) atoms. The Kier molecular flexibility index (Phi) is 7.01. The zero-order valence-corrected chi connectivity index (χ0v) is 16.9. The lowest BCUT2D eigenvalue weighted by Gasteiger charge is -2.35. The lowest BCUT2D eigenvalue weighted by molar-refractivity contribution is -0.135. The molecule has 2 aromatic carbocycles. The second kappa shape index (κ2) is 9.66. The summed E-state index contributed by atoms with van der Waals surface area (Å²) in [6.45, 7) is 3.70. The van der Waals surface area contributed by atoms with Crippen molar-refractivity contribution in [3.8, 4) is 17.2 Å². The molecule has 6 nitrogen and oxygen atoms in total. The number of piperazine rings is 1. The second-order valence-corrected chi connectivity index (χ2v) is 7.02. The summed E-state index contributed by atoms with van der Waals surface area (Å²) in [5.74, 6) is 2.24. The SMILES string of the molecule is COc1ccc(OC)c(CN2CCN(C(=O)COc3cccc(Cl)c3)CC2)c1. The molecule has 0 unspecified atom stereocenters. The Hall–Kier alpha value is -2.44. The van der Waals surface area contributed by atoms with Crippen molar-refractivity contribution in [1.29, 1.82) is 0 Å². The van der Waals surface area contributed by atoms with E-state index in [2.05, 4.69) is 4.90 Å². The predicted octanol–water partition coefficient (Wildman–Crippen LogP) is 3.08. The minimum absolute atomic E-state index is 0.0152. The van der Waals surface area contributed by atoms with Gasteiger partial charge >= 0.3 is 0 Å². The Labute approximate surface area is 170 Å². The third-order valence-corrected chi connectivity index (χ3v) is 5.00. The molecule has 0 spiro atoms. The summed E-state index contributed by atoms with van der Waals surface area (Å²) in [6.07, 6.45) is 0. The fraction of sp³-hybridized carbons (Fsp3) is 0.381. The zero-order valence-electron chi connectivity index (χ0n) is 16.2. The number of methoxy groups -OCH3 is 2. The molecule has 0 aliphatic carbocycles. The highest BCUT2D eigenvalue weighted by molar-refractivity contribution is 6.30. The van der Waals surface area contributed by atoms with Crippen LogP contribution in [-0.4, -0.2) is 62.7 Å². The topological polar surface area (TPSA) is 51.2 Å². The van der Waals surface area contributed by atoms with Crippen LogP contribution in [0.5, 0.6) is 17.2 Å². The second-order valence-electron chi connectivity index (χ2n) is 6.58. The number of carbonyl (C=O) groups excluding carboxylic acids is 1. The van der Waals surface area contributed by atoms with Gasteiger partial charge in [-0.05, 0) is 36.4 Å². The molecule has 1 fully saturated rings. The van der Waals surface area contributed by atoms with Crippen LogP contribution in [0.2, 0.25) is 5.02 Å². The Morgan fingerprint density at radius 3 is 2.46 bits per heavy atom. The first kappa shape index (κ1) is 20.3. The third kappa shape index (κ3) is 5.30. The van der Waals surface area contributed by atoms with Crippen LogP contribution in [0.25, 0.3) is 0 Å². The fourth-order valence-electron chi connectivity index (χ4n) is 3.19. The maximum absolute atomic E-state index is 12.4. The molecule has 1 saturated heterocycles. The van der Waals surface area contributed by atoms with Crippen LogP contribution in [-0.2, 0) is 11.3 Å². The highest BCUT2D eigenvalue weighted by Gasteiger charge is 2.22. The van der Waals surface area contributed by atoms with Crippen molar-refractivity contribution < 1.29 is 19.0 Å². The molecule has 0 radical (unpaired) electrons. The van der Waals surface area contributed by atoms with E-state index in [9.17, 15) is 4.79 Å². The van der Waals surface area contributed by atoms with Crippen LogP contribution in [0.1, 0.15) is 5.56 Å². The number of rotatable bonds is 7. The zero-order chi connectivity index (χ0) is 19.9. The molecule has 0 N–H and O–H groups in total. The number of hydrogen-bond acceptors (Lipinski definition) is 5. The molecule has 3 rings (SSSR count). The van der Waals surface area contributed by atoms with E-state index in [0.717, 1.165) is 36.7 Å². The average molecular weight is 405 g/mol. The van der Waals surface area contributed by atoms with Crippen molar-refractivity contribution in [3.63, 3.8) is 0 Å². The van der Waals surface area contributed by atoms with E-state index in [4.69, 9.17) is 25.8 Å². The van der Waals surface area contributed by atoms with Gasteiger partial charge in [-0.3, -0.25) is 9.69 Å². The molecule has 1 aliphatic rings. The van der Waals surface area contributed by atoms with Crippen LogP contribution in [0.4, 0.5) is 0 Å². The summed E-state index contributed by atoms with van der Waals surface area (Å²) < 4.78 is 16.3. The van der Waals surface area contributed by atoms with Crippen molar-refractivity contribution >= 4 is 17.5 Å². The first-order valence-electron chi connectivity index (χ1n) is 9.18. The number of benzene rings is 2. The van der Waals surface area contributed by atoms with E-state index in [0.29, 0.717) is 23.9 Å². The molecule has 1 amide bonds. The summed E-state index contributed by atoms with van der Waals surface area (Å²) in [5.41, 5.74) is 1.07. The van der Waals surface area contributed by atoms with Gasteiger partial charge in [0.2, 0.25) is 0 Å². The van der Waals surface area contributed by atoms with E-state index in [1.54, 1.807) is 38.5 Å². The fourth-order valence-corrected chi connectivity index (χ4v) is 3.38. The monoisotopic (exact) mass is 404 g/mol. The van der Waals surface area contributed by atoms with Gasteiger partial charge in [-0.1, -0.05) is 17.7 Å². The lowest BCUT2D eigenvalue weighted by atomic mass is 10.1. The number of hydrogen-bond donors (Lipinski definition) is 0. The summed E-state index contributed by atoms with van der Waals surface area (Å²) in [5, 5.41) is 0.589. The van der Waals surface area contributed by atoms with E-state index in [1.807, 2.05) is 23.1 Å². The molecular formula is C21H25ClN2O4. The maximum Gasteiger partial charge on any atom is 0.260 e. The predicted molar refractivity (Wildman–Crippen MR) is 108 cm³/mol. The van der Waals surface area contributed by atoms with Crippen molar-refractivity contribution in [2.24, 2.45) is 0 Å². The maximum atomic E-state index is 12.4. The molecule has 7 heteroatoms. The highest BCUT2D eigenvalue weighted by Crippen LogP contribution is 2.25. The molecule has 0 aromatic heterocycles. The van der Waals surface area contributed by atoms with Crippen LogP contribution >= 0.6 is 11.6 Å². The summed E-state index contributed by atoms with van der Waals surface area (Å²) in [6, 6.07) is 12.9. The number of amides is 1. The van der Waals surface area contributed by atoms with Gasteiger partial charge in [-0.2, -0.15) is 0 Å². The van der Waals surface area contributed by atoms with Gasteiger partial charge in [0, 0.05) is 43.3 Å². The largest absolute Gasteiger partial charge is 0.497 e. The van der Waals surface area contributed by atoms with Crippen molar-refractivity contribution in [2.45, 2.75) is 6.54 Å². The molecule has 0 atom stereocenters. The molecule has 0 bridgehead atoms. The van der Waals surface area contributed by atoms with Gasteiger partial charge in [-0.15, -0.1) is 0 Å². The van der Waals surface area contributed by atoms with E-state index in [-0.39, 0.29) is 12.5 Å². The van der Waals surface area contributed by atoms with Gasteiger partial charge in [-0.25, -0.2) is 0 Å². The Morgan fingerprint density at radius 2 is 1.79 bits per heavy atom. The molecule has 1 heterocycles. The Bertz CT molecular complexity index is 807. The smallest absolute Gasteiger partial charge is 0.260 e. The minimum atomic E-state index is -0.0152. The summed E-state index contributed by atoms with van der Waals surface area (Å²) in [7, 11) is 3.32. The Balaban J connectivity index is 1.49. The standard InChI is InChI=1S/C21H25ClN2O4/c1-26-18-6-7-20(27-2)16(12-18)14-23-8-10-24(11-9-23)21(25)15-28-19-5-3-4-17(22)13-19/h3-7,12-13H,8-11,14-15H2,1-2H3. The Morgan fingerprint density at radius 1 is 1.00 bits per heavy atom. The van der Waals surface area contributed by atoms with Gasteiger partial charge in [0.15, 0.2) is 6.61 Å². The number of ether oxygens (including phenoxy) is 3. The van der Waals surface area contributed by atoms with Crippen LogP contribution in [0.15, 0.2) is 42.5 Å². The lowest BCUT2D eigenvalue weighted by Crippen LogP contribution is -2.49. The third-order valence-electron chi connectivity index (χ3n) is 4.76. The van der Waals surface area contributed by atoms with Crippen molar-refractivity contribution in [3.05, 3.63) is 53.1 Å². The number of nitrogens with zero attached hydrogens (tertiary/aromatic N) is 2. The summed E-state index contributed by atoms with van der Waals surface area (Å²) in [4.78, 5) is 16.6. The molecule has 0 saturated carbocycles. The van der Waals surface area contributed by atoms with Gasteiger partial charge in [0.1, 0.15) is 17.2 Å². The van der Waals surface area contributed by atoms with E-state index < -0.39 is 0 Å². The first-order valence-corrected chi connectivity index (χ1v) is 9.56. The average Bonchev–Trinajstić information content (AvgIpc) is 2.72. The van der Waals surface area contributed by atoms with Gasteiger partial charge in [0.05, 0.1) is 14.2 Å². The minimum Gasteiger partial charge on any atom is -0.497 e. The van der Waals surface area contributed by atoms with Crippen molar-refractivity contribution in [2.75, 3.05) is 47.0 Å². The van der Waals surface area contributed by atoms with Crippen molar-refractivity contribution in [1.82, 2.24) is 9.80 Å². The van der Waals surface area contributed by atoms with Crippen LogP contribution in [0, 0.1) is 0 Å². The molecule has 150 valence electrons. The van der Waals surface area contributed by atoms with Gasteiger partial charge < -0.3 is 19.1 Å². The van der Waals surface area contributed by atoms with E-state index in [1.165, 1.54) is 0 Å². The normalized spacial score (nSPS) is 14.6. The highest BCUT2D eigenvalue weighted by atomic mass is 35.5. The first-order chi connectivity index (χ1) is 13.6. The van der Waals surface area contributed by atoms with Crippen LogP contribution < -0.4 is 14.2 Å². The molecule has 2 aromatic rings. The van der Waals surface area contributed by atoms with E-state index >= 15 is 0 Å². The van der Waals surface area contributed by atoms with Crippen LogP contribution in [0.3, 0.4) is 0 Å². The number of carbonyl (C=O) groups is 1. The van der Waals surface area contributed by atoms with Gasteiger partial charge in [0.25, 0.3) is 5.91 Å². The quantitative estimate of drug-likeness (QED) is 0.709. The molecule has 1 aliphatic heterocycles. The number of halogens is 1. The molecular weight excluding hydrogens is 380 g/mol. The summed E-state index contributed by atoms with van der Waals surface area (Å²) >= 11 is 5.93.